The normalized spacial score (nSPS) is 16.5. The van der Waals surface area contributed by atoms with E-state index in [1.807, 2.05) is 18.2 Å². The quantitative estimate of drug-likeness (QED) is 0.407. The molecule has 30 heavy (non-hydrogen) atoms. The summed E-state index contributed by atoms with van der Waals surface area (Å²) in [5, 5.41) is 9.63. The minimum atomic E-state index is -1.02. The van der Waals surface area contributed by atoms with Gasteiger partial charge in [-0.1, -0.05) is 25.5 Å². The summed E-state index contributed by atoms with van der Waals surface area (Å²) < 4.78 is 6.57. The summed E-state index contributed by atoms with van der Waals surface area (Å²) in [5.41, 5.74) is 1.49. The van der Waals surface area contributed by atoms with Gasteiger partial charge in [0.2, 0.25) is 0 Å². The fourth-order valence-corrected chi connectivity index (χ4v) is 4.17. The molecule has 1 fully saturated rings. The zero-order valence-corrected chi connectivity index (χ0v) is 19.0. The van der Waals surface area contributed by atoms with E-state index in [0.717, 1.165) is 28.6 Å². The Labute approximate surface area is 187 Å². The maximum atomic E-state index is 12.6. The molecule has 6 nitrogen and oxygen atoms in total. The van der Waals surface area contributed by atoms with E-state index in [4.69, 9.17) is 9.84 Å². The molecule has 2 aromatic rings. The number of carbonyl (C=O) groups is 2. The first-order chi connectivity index (χ1) is 14.4. The van der Waals surface area contributed by atoms with Gasteiger partial charge in [0.25, 0.3) is 5.91 Å². The lowest BCUT2D eigenvalue weighted by atomic mass is 10.2. The number of ether oxygens (including phenoxy) is 1. The number of amidine groups is 1. The average molecular weight is 489 g/mol. The third-order valence-corrected chi connectivity index (χ3v) is 6.01. The van der Waals surface area contributed by atoms with Gasteiger partial charge in [-0.3, -0.25) is 9.69 Å². The van der Waals surface area contributed by atoms with Gasteiger partial charge in [-0.25, -0.2) is 9.79 Å². The molecule has 0 unspecified atom stereocenters. The maximum absolute atomic E-state index is 12.6. The van der Waals surface area contributed by atoms with E-state index >= 15 is 0 Å². The molecule has 2 aromatic carbocycles. The topological polar surface area (TPSA) is 79.2 Å². The number of aliphatic imine (C=N–C) groups is 1. The number of carboxylic acids is 1. The van der Waals surface area contributed by atoms with Crippen LogP contribution < -0.4 is 4.74 Å². The van der Waals surface area contributed by atoms with Crippen LogP contribution >= 0.6 is 27.7 Å². The van der Waals surface area contributed by atoms with Crippen LogP contribution in [0.1, 0.15) is 35.7 Å². The molecule has 0 radical (unpaired) electrons. The van der Waals surface area contributed by atoms with E-state index in [-0.39, 0.29) is 11.5 Å². The van der Waals surface area contributed by atoms with Gasteiger partial charge in [-0.15, -0.1) is 0 Å². The highest BCUT2D eigenvalue weighted by Gasteiger charge is 2.30. The van der Waals surface area contributed by atoms with E-state index < -0.39 is 5.97 Å². The van der Waals surface area contributed by atoms with Crippen LogP contribution in [-0.4, -0.2) is 40.7 Å². The predicted molar refractivity (Wildman–Crippen MR) is 123 cm³/mol. The number of carboxylic acid groups (broad SMARTS) is 1. The monoisotopic (exact) mass is 488 g/mol. The summed E-state index contributed by atoms with van der Waals surface area (Å²) in [6.45, 7) is 2.78. The van der Waals surface area contributed by atoms with Gasteiger partial charge in [0.05, 0.1) is 27.2 Å². The van der Waals surface area contributed by atoms with Crippen molar-refractivity contribution < 1.29 is 19.4 Å². The first kappa shape index (κ1) is 22.1. The molecule has 1 saturated heterocycles. The first-order valence-electron chi connectivity index (χ1n) is 9.41. The Balaban J connectivity index is 1.80. The van der Waals surface area contributed by atoms with E-state index in [1.165, 1.54) is 28.8 Å². The molecule has 0 saturated carbocycles. The molecule has 8 heteroatoms. The Kier molecular flexibility index (Phi) is 7.33. The van der Waals surface area contributed by atoms with Crippen molar-refractivity contribution in [3.05, 3.63) is 63.0 Å². The van der Waals surface area contributed by atoms with Gasteiger partial charge in [0.1, 0.15) is 5.75 Å². The number of hydrogen-bond donors (Lipinski definition) is 1. The van der Waals surface area contributed by atoms with Crippen LogP contribution in [0, 0.1) is 0 Å². The lowest BCUT2D eigenvalue weighted by Gasteiger charge is -2.08. The highest BCUT2D eigenvalue weighted by Crippen LogP contribution is 2.34. The minimum Gasteiger partial charge on any atom is -0.492 e. The minimum absolute atomic E-state index is 0.149. The number of aromatic carboxylic acids is 1. The summed E-state index contributed by atoms with van der Waals surface area (Å²) in [7, 11) is 1.65. The zero-order chi connectivity index (χ0) is 21.7. The van der Waals surface area contributed by atoms with Gasteiger partial charge in [-0.05, 0) is 76.1 Å². The number of amides is 1. The standard InChI is InChI=1S/C22H21BrN2O4S/c1-3-4-10-29-18-9-8-14(11-17(18)23)12-19-20(26)25(2)22(30-19)24-16-7-5-6-15(13-16)21(27)28/h5-9,11-13H,3-4,10H2,1-2H3,(H,27,28)/b19-12+,24-22?. The van der Waals surface area contributed by atoms with E-state index in [2.05, 4.69) is 27.8 Å². The number of likely N-dealkylation sites (N-methyl/N-ethyl adjacent to an activating group) is 1. The van der Waals surface area contributed by atoms with E-state index in [9.17, 15) is 9.59 Å². The molecule has 1 amide bonds. The van der Waals surface area contributed by atoms with E-state index in [0.29, 0.717) is 22.4 Å². The molecule has 1 aliphatic heterocycles. The van der Waals surface area contributed by atoms with Crippen molar-refractivity contribution in [1.82, 2.24) is 4.90 Å². The fraction of sp³-hybridized carbons (Fsp3) is 0.227. The number of carbonyl (C=O) groups excluding carboxylic acids is 1. The largest absolute Gasteiger partial charge is 0.492 e. The number of benzene rings is 2. The van der Waals surface area contributed by atoms with Crippen molar-refractivity contribution in [3.8, 4) is 5.75 Å². The Morgan fingerprint density at radius 2 is 2.10 bits per heavy atom. The second kappa shape index (κ2) is 9.95. The fourth-order valence-electron chi connectivity index (χ4n) is 2.67. The molecule has 1 N–H and O–H groups in total. The SMILES string of the molecule is CCCCOc1ccc(/C=C2/SC(=Nc3cccc(C(=O)O)c3)N(C)C2=O)cc1Br. The molecular formula is C22H21BrN2O4S. The predicted octanol–water partition coefficient (Wildman–Crippen LogP) is 5.56. The van der Waals surface area contributed by atoms with Crippen LogP contribution in [0.15, 0.2) is 56.8 Å². The number of nitrogens with zero attached hydrogens (tertiary/aromatic N) is 2. The molecule has 3 rings (SSSR count). The molecule has 0 bridgehead atoms. The van der Waals surface area contributed by atoms with Crippen LogP contribution in [0.5, 0.6) is 5.75 Å². The second-order valence-electron chi connectivity index (χ2n) is 6.62. The van der Waals surface area contributed by atoms with Crippen molar-refractivity contribution in [1.29, 1.82) is 0 Å². The third-order valence-electron chi connectivity index (χ3n) is 4.33. The highest BCUT2D eigenvalue weighted by atomic mass is 79.9. The van der Waals surface area contributed by atoms with Gasteiger partial charge < -0.3 is 9.84 Å². The molecule has 0 aromatic heterocycles. The summed E-state index contributed by atoms with van der Waals surface area (Å²) in [5.74, 6) is -0.407. The zero-order valence-electron chi connectivity index (χ0n) is 16.6. The number of hydrogen-bond acceptors (Lipinski definition) is 5. The smallest absolute Gasteiger partial charge is 0.335 e. The Hall–Kier alpha value is -2.58. The Morgan fingerprint density at radius 3 is 2.80 bits per heavy atom. The summed E-state index contributed by atoms with van der Waals surface area (Å²) >= 11 is 4.77. The highest BCUT2D eigenvalue weighted by molar-refractivity contribution is 9.10. The summed E-state index contributed by atoms with van der Waals surface area (Å²) in [6.07, 6.45) is 3.87. The lowest BCUT2D eigenvalue weighted by Crippen LogP contribution is -2.23. The van der Waals surface area contributed by atoms with Crippen LogP contribution in [0.2, 0.25) is 0 Å². The van der Waals surface area contributed by atoms with Crippen molar-refractivity contribution in [2.24, 2.45) is 4.99 Å². The molecule has 0 atom stereocenters. The molecule has 1 aliphatic rings. The number of thioether (sulfide) groups is 1. The van der Waals surface area contributed by atoms with Crippen LogP contribution in [-0.2, 0) is 4.79 Å². The Morgan fingerprint density at radius 1 is 1.30 bits per heavy atom. The second-order valence-corrected chi connectivity index (χ2v) is 8.48. The van der Waals surface area contributed by atoms with Crippen molar-refractivity contribution in [2.45, 2.75) is 19.8 Å². The first-order valence-corrected chi connectivity index (χ1v) is 11.0. The molecule has 0 spiro atoms. The van der Waals surface area contributed by atoms with Gasteiger partial charge in [0.15, 0.2) is 5.17 Å². The lowest BCUT2D eigenvalue weighted by molar-refractivity contribution is -0.121. The molecule has 156 valence electrons. The summed E-state index contributed by atoms with van der Waals surface area (Å²) in [6, 6.07) is 12.0. The van der Waals surface area contributed by atoms with E-state index in [1.54, 1.807) is 25.3 Å². The average Bonchev–Trinajstić information content (AvgIpc) is 2.98. The van der Waals surface area contributed by atoms with Gasteiger partial charge >= 0.3 is 5.97 Å². The molecule has 0 aliphatic carbocycles. The third kappa shape index (κ3) is 5.31. The number of halogens is 1. The molecular weight excluding hydrogens is 468 g/mol. The van der Waals surface area contributed by atoms with Crippen molar-refractivity contribution in [2.75, 3.05) is 13.7 Å². The van der Waals surface area contributed by atoms with Crippen LogP contribution in [0.4, 0.5) is 5.69 Å². The maximum Gasteiger partial charge on any atom is 0.335 e. The van der Waals surface area contributed by atoms with Crippen LogP contribution in [0.3, 0.4) is 0 Å². The van der Waals surface area contributed by atoms with Gasteiger partial charge in [0, 0.05) is 7.05 Å². The number of rotatable bonds is 7. The van der Waals surface area contributed by atoms with Gasteiger partial charge in [-0.2, -0.15) is 0 Å². The number of unbranched alkanes of at least 4 members (excludes halogenated alkanes) is 1. The Bertz CT molecular complexity index is 1040. The molecule has 1 heterocycles. The summed E-state index contributed by atoms with van der Waals surface area (Å²) in [4.78, 5) is 30.2. The van der Waals surface area contributed by atoms with Crippen LogP contribution in [0.25, 0.3) is 6.08 Å². The van der Waals surface area contributed by atoms with Crippen molar-refractivity contribution in [3.63, 3.8) is 0 Å². The van der Waals surface area contributed by atoms with Crippen molar-refractivity contribution >= 4 is 56.5 Å².